The number of quaternary nitrogens is 1. The van der Waals surface area contributed by atoms with Crippen molar-refractivity contribution < 1.29 is 37.3 Å². The Morgan fingerprint density at radius 2 is 0.781 bits per heavy atom. The van der Waals surface area contributed by atoms with Crippen LogP contribution in [0.25, 0.3) is 0 Å². The molecule has 73 heavy (non-hydrogen) atoms. The van der Waals surface area contributed by atoms with Gasteiger partial charge in [-0.15, -0.1) is 0 Å². The van der Waals surface area contributed by atoms with E-state index < -0.39 is 20.0 Å². The largest absolute Gasteiger partial charge is 0.472 e. The van der Waals surface area contributed by atoms with Gasteiger partial charge in [-0.3, -0.25) is 18.6 Å². The third-order valence-corrected chi connectivity index (χ3v) is 15.7. The van der Waals surface area contributed by atoms with Crippen molar-refractivity contribution in [1.29, 1.82) is 0 Å². The number of phosphoric ester groups is 1. The van der Waals surface area contributed by atoms with E-state index in [1.807, 2.05) is 33.3 Å². The normalized spacial score (nSPS) is 13.7. The van der Waals surface area contributed by atoms with Crippen molar-refractivity contribution in [3.63, 3.8) is 0 Å². The van der Waals surface area contributed by atoms with Crippen LogP contribution in [0.3, 0.4) is 0 Å². The van der Waals surface area contributed by atoms with Gasteiger partial charge in [-0.2, -0.15) is 0 Å². The molecular weight excluding hydrogens is 928 g/mol. The van der Waals surface area contributed by atoms with E-state index in [1.165, 1.54) is 238 Å². The van der Waals surface area contributed by atoms with Gasteiger partial charge < -0.3 is 19.4 Å². The molecular formula is C63H126N2O7P+. The van der Waals surface area contributed by atoms with Crippen molar-refractivity contribution in [1.82, 2.24) is 5.32 Å². The molecule has 10 heteroatoms. The molecule has 0 radical (unpaired) electrons. The Bertz CT molecular complexity index is 1260. The molecule has 9 nitrogen and oxygen atoms in total. The number of hydrogen-bond acceptors (Lipinski definition) is 6. The van der Waals surface area contributed by atoms with Gasteiger partial charge in [-0.1, -0.05) is 297 Å². The average Bonchev–Trinajstić information content (AvgIpc) is 3.35. The first-order chi connectivity index (χ1) is 35.4. The highest BCUT2D eigenvalue weighted by Gasteiger charge is 2.30. The molecule has 0 aliphatic carbocycles. The van der Waals surface area contributed by atoms with Gasteiger partial charge in [0, 0.05) is 12.8 Å². The van der Waals surface area contributed by atoms with Gasteiger partial charge in [-0.25, -0.2) is 4.57 Å². The number of carbonyl (C=O) groups is 2. The summed E-state index contributed by atoms with van der Waals surface area (Å²) in [6.45, 7) is 7.07. The molecule has 0 spiro atoms. The van der Waals surface area contributed by atoms with E-state index in [-0.39, 0.29) is 25.1 Å². The Hall–Kier alpha value is -1.25. The summed E-state index contributed by atoms with van der Waals surface area (Å²) in [6.07, 6.45) is 62.1. The van der Waals surface area contributed by atoms with Crippen molar-refractivity contribution >= 4 is 19.7 Å². The minimum Gasteiger partial charge on any atom is -0.456 e. The second kappa shape index (κ2) is 54.1. The minimum absolute atomic E-state index is 0.0458. The third kappa shape index (κ3) is 55.3. The summed E-state index contributed by atoms with van der Waals surface area (Å²) >= 11 is 0. The molecule has 0 aliphatic heterocycles. The van der Waals surface area contributed by atoms with Crippen LogP contribution in [-0.2, 0) is 27.9 Å². The Balaban J connectivity index is 5.14. The first-order valence-electron chi connectivity index (χ1n) is 32.0. The molecule has 0 bridgehead atoms. The summed E-state index contributed by atoms with van der Waals surface area (Å²) < 4.78 is 30.7. The summed E-state index contributed by atoms with van der Waals surface area (Å²) in [7, 11) is 1.52. The maximum absolute atomic E-state index is 13.5. The lowest BCUT2D eigenvalue weighted by atomic mass is 10.0. The Morgan fingerprint density at radius 1 is 0.466 bits per heavy atom. The van der Waals surface area contributed by atoms with Crippen LogP contribution in [0.2, 0.25) is 0 Å². The average molecular weight is 1050 g/mol. The van der Waals surface area contributed by atoms with Gasteiger partial charge in [0.2, 0.25) is 5.91 Å². The molecule has 0 aromatic heterocycles. The number of hydrogen-bond donors (Lipinski definition) is 2. The second-order valence-corrected chi connectivity index (χ2v) is 24.8. The van der Waals surface area contributed by atoms with Crippen LogP contribution in [-0.4, -0.2) is 74.3 Å². The highest BCUT2D eigenvalue weighted by Crippen LogP contribution is 2.43. The Kier molecular flexibility index (Phi) is 53.2. The van der Waals surface area contributed by atoms with Crippen LogP contribution in [0.5, 0.6) is 0 Å². The molecule has 3 atom stereocenters. The summed E-state index contributed by atoms with van der Waals surface area (Å²) in [5.41, 5.74) is 0. The topological polar surface area (TPSA) is 111 Å². The molecule has 1 amide bonds. The molecule has 0 aromatic carbocycles. The number of carbonyl (C=O) groups excluding carboxylic acids is 2. The molecule has 0 rings (SSSR count). The lowest BCUT2D eigenvalue weighted by Gasteiger charge is -2.27. The molecule has 434 valence electrons. The van der Waals surface area contributed by atoms with E-state index in [0.29, 0.717) is 23.9 Å². The molecule has 0 saturated heterocycles. The minimum atomic E-state index is -4.44. The first-order valence-corrected chi connectivity index (χ1v) is 33.5. The molecule has 0 aliphatic rings. The number of nitrogens with zero attached hydrogens (tertiary/aromatic N) is 1. The highest BCUT2D eigenvalue weighted by molar-refractivity contribution is 7.47. The molecule has 0 saturated carbocycles. The third-order valence-electron chi connectivity index (χ3n) is 14.7. The van der Waals surface area contributed by atoms with Crippen molar-refractivity contribution in [2.75, 3.05) is 40.9 Å². The molecule has 0 heterocycles. The van der Waals surface area contributed by atoms with Gasteiger partial charge >= 0.3 is 13.8 Å². The predicted molar refractivity (Wildman–Crippen MR) is 314 cm³/mol. The molecule has 0 fully saturated rings. The highest BCUT2D eigenvalue weighted by atomic mass is 31.2. The summed E-state index contributed by atoms with van der Waals surface area (Å²) in [6, 6.07) is -0.839. The fourth-order valence-corrected chi connectivity index (χ4v) is 10.5. The quantitative estimate of drug-likeness (QED) is 0.0205. The lowest BCUT2D eigenvalue weighted by Crippen LogP contribution is -2.47. The summed E-state index contributed by atoms with van der Waals surface area (Å²) in [5.74, 6) is -0.482. The molecule has 0 aromatic rings. The maximum Gasteiger partial charge on any atom is 0.472 e. The van der Waals surface area contributed by atoms with Gasteiger partial charge in [-0.05, 0) is 31.8 Å². The van der Waals surface area contributed by atoms with Crippen LogP contribution in [0.1, 0.15) is 329 Å². The van der Waals surface area contributed by atoms with Crippen molar-refractivity contribution in [3.8, 4) is 0 Å². The maximum atomic E-state index is 13.5. The molecule has 3 unspecified atom stereocenters. The first kappa shape index (κ1) is 71.8. The number of likely N-dealkylation sites (N-methyl/N-ethyl adjacent to an activating group) is 1. The number of allylic oxidation sites excluding steroid dienone is 1. The predicted octanol–water partition coefficient (Wildman–Crippen LogP) is 19.6. The fraction of sp³-hybridized carbons (Fsp3) is 0.937. The van der Waals surface area contributed by atoms with Crippen LogP contribution in [0.15, 0.2) is 12.2 Å². The summed E-state index contributed by atoms with van der Waals surface area (Å²) in [5, 5.41) is 3.07. The SMILES string of the molecule is CCCCCCCCCCC/C=C/C(OC(=O)CCCCCCCCCCCCCCCCCCC)C(COP(=O)(O)OCC[N+](C)(C)C)NC(=O)CCCCCCCCCCCCCCCCCCCCC. The van der Waals surface area contributed by atoms with E-state index in [0.717, 1.165) is 57.8 Å². The number of phosphoric acid groups is 1. The fourth-order valence-electron chi connectivity index (χ4n) is 9.77. The Morgan fingerprint density at radius 3 is 1.12 bits per heavy atom. The van der Waals surface area contributed by atoms with Gasteiger partial charge in [0.05, 0.1) is 33.8 Å². The van der Waals surface area contributed by atoms with Crippen LogP contribution < -0.4 is 5.32 Å². The number of esters is 1. The number of unbranched alkanes of at least 4 members (excludes halogenated alkanes) is 43. The van der Waals surface area contributed by atoms with E-state index >= 15 is 0 Å². The zero-order chi connectivity index (χ0) is 53.6. The second-order valence-electron chi connectivity index (χ2n) is 23.3. The zero-order valence-corrected chi connectivity index (χ0v) is 50.6. The van der Waals surface area contributed by atoms with E-state index in [9.17, 15) is 19.0 Å². The smallest absolute Gasteiger partial charge is 0.456 e. The van der Waals surface area contributed by atoms with E-state index in [2.05, 4.69) is 26.1 Å². The summed E-state index contributed by atoms with van der Waals surface area (Å²) in [4.78, 5) is 37.7. The van der Waals surface area contributed by atoms with Crippen LogP contribution in [0, 0.1) is 0 Å². The van der Waals surface area contributed by atoms with E-state index in [1.54, 1.807) is 0 Å². The lowest BCUT2D eigenvalue weighted by molar-refractivity contribution is -0.870. The number of nitrogens with one attached hydrogen (secondary N) is 1. The zero-order valence-electron chi connectivity index (χ0n) is 49.7. The standard InChI is InChI=1S/C63H125N2O7P/c1-7-10-13-16-19-22-25-27-29-31-32-34-35-37-40-43-46-49-52-55-62(66)64-60(59-71-73(68,69)70-58-57-65(4,5)6)61(54-51-48-45-42-39-24-21-18-15-12-9-3)72-63(67)56-53-50-47-44-41-38-36-33-30-28-26-23-20-17-14-11-8-2/h51,54,60-61H,7-50,52-53,55-59H2,1-6H3,(H-,64,66,68,69)/p+1/b54-51+. The number of rotatable bonds is 59. The monoisotopic (exact) mass is 1050 g/mol. The van der Waals surface area contributed by atoms with Crippen molar-refractivity contribution in [2.45, 2.75) is 341 Å². The number of amides is 1. The van der Waals surface area contributed by atoms with Crippen LogP contribution >= 0.6 is 7.82 Å². The number of ether oxygens (including phenoxy) is 1. The van der Waals surface area contributed by atoms with Crippen LogP contribution in [0.4, 0.5) is 0 Å². The Labute approximate surface area is 454 Å². The van der Waals surface area contributed by atoms with Crippen molar-refractivity contribution in [2.24, 2.45) is 0 Å². The van der Waals surface area contributed by atoms with Gasteiger partial charge in [0.15, 0.2) is 0 Å². The van der Waals surface area contributed by atoms with Gasteiger partial charge in [0.25, 0.3) is 0 Å². The van der Waals surface area contributed by atoms with Gasteiger partial charge in [0.1, 0.15) is 19.3 Å². The van der Waals surface area contributed by atoms with Crippen molar-refractivity contribution in [3.05, 3.63) is 12.2 Å². The molecule has 2 N–H and O–H groups in total. The van der Waals surface area contributed by atoms with E-state index in [4.69, 9.17) is 13.8 Å².